The van der Waals surface area contributed by atoms with Crippen molar-refractivity contribution in [2.45, 2.75) is 33.0 Å². The summed E-state index contributed by atoms with van der Waals surface area (Å²) >= 11 is 0. The highest BCUT2D eigenvalue weighted by atomic mass is 16.5. The van der Waals surface area contributed by atoms with E-state index in [1.54, 1.807) is 17.0 Å². The van der Waals surface area contributed by atoms with Gasteiger partial charge in [0, 0.05) is 6.54 Å². The van der Waals surface area contributed by atoms with E-state index in [2.05, 4.69) is 6.58 Å². The topological polar surface area (TPSA) is 49.8 Å². The lowest BCUT2D eigenvalue weighted by Gasteiger charge is -2.34. The average Bonchev–Trinajstić information content (AvgIpc) is 2.40. The molecule has 0 saturated carbocycles. The predicted molar refractivity (Wildman–Crippen MR) is 74.2 cm³/mol. The summed E-state index contributed by atoms with van der Waals surface area (Å²) in [5, 5.41) is 9.18. The van der Waals surface area contributed by atoms with E-state index < -0.39 is 6.10 Å². The van der Waals surface area contributed by atoms with E-state index in [1.165, 1.54) is 0 Å². The zero-order chi connectivity index (χ0) is 14.0. The van der Waals surface area contributed by atoms with Crippen molar-refractivity contribution in [2.75, 3.05) is 11.4 Å². The molecule has 1 aromatic rings. The van der Waals surface area contributed by atoms with Crippen molar-refractivity contribution in [1.82, 2.24) is 0 Å². The second kappa shape index (κ2) is 5.45. The van der Waals surface area contributed by atoms with Gasteiger partial charge in [-0.3, -0.25) is 4.79 Å². The van der Waals surface area contributed by atoms with Gasteiger partial charge in [-0.1, -0.05) is 25.1 Å². The molecule has 1 aliphatic heterocycles. The summed E-state index contributed by atoms with van der Waals surface area (Å²) in [5.74, 6) is 0.619. The fourth-order valence-corrected chi connectivity index (χ4v) is 2.16. The summed E-state index contributed by atoms with van der Waals surface area (Å²) in [6.07, 6.45) is 0.162. The number of anilines is 1. The van der Waals surface area contributed by atoms with Crippen LogP contribution in [0, 0.1) is 0 Å². The molecular formula is C15H19NO3. The zero-order valence-corrected chi connectivity index (χ0v) is 11.3. The number of rotatable bonds is 4. The van der Waals surface area contributed by atoms with Crippen LogP contribution in [0.3, 0.4) is 0 Å². The molecule has 0 saturated heterocycles. The maximum absolute atomic E-state index is 12.3. The molecule has 1 amide bonds. The number of nitrogens with zero attached hydrogens (tertiary/aromatic N) is 1. The predicted octanol–water partition coefficient (Wildman–Crippen LogP) is 2.26. The fraction of sp³-hybridized carbons (Fsp3) is 0.400. The van der Waals surface area contributed by atoms with E-state index in [9.17, 15) is 9.90 Å². The lowest BCUT2D eigenvalue weighted by atomic mass is 10.1. The Kier molecular flexibility index (Phi) is 3.90. The second-order valence-corrected chi connectivity index (χ2v) is 4.86. The molecular weight excluding hydrogens is 242 g/mol. The van der Waals surface area contributed by atoms with Crippen LogP contribution in [0.5, 0.6) is 5.75 Å². The van der Waals surface area contributed by atoms with Crippen LogP contribution in [-0.2, 0) is 11.4 Å². The van der Waals surface area contributed by atoms with Gasteiger partial charge in [-0.25, -0.2) is 0 Å². The lowest BCUT2D eigenvalue weighted by Crippen LogP contribution is -2.46. The van der Waals surface area contributed by atoms with E-state index in [0.717, 1.165) is 16.8 Å². The summed E-state index contributed by atoms with van der Waals surface area (Å²) in [7, 11) is 0. The van der Waals surface area contributed by atoms with Gasteiger partial charge in [0.1, 0.15) is 5.75 Å². The van der Waals surface area contributed by atoms with E-state index in [-0.39, 0.29) is 12.5 Å². The summed E-state index contributed by atoms with van der Waals surface area (Å²) in [6, 6.07) is 5.40. The Morgan fingerprint density at radius 1 is 1.53 bits per heavy atom. The molecule has 0 aliphatic carbocycles. The molecule has 102 valence electrons. The van der Waals surface area contributed by atoms with Crippen LogP contribution in [0.25, 0.3) is 0 Å². The summed E-state index contributed by atoms with van der Waals surface area (Å²) in [6.45, 7) is 8.13. The van der Waals surface area contributed by atoms with Crippen molar-refractivity contribution in [2.24, 2.45) is 0 Å². The SMILES string of the molecule is C=C(C)CN1C(=O)C(CC)Oc2cc(CO)ccc21. The largest absolute Gasteiger partial charge is 0.478 e. The highest BCUT2D eigenvalue weighted by Gasteiger charge is 2.33. The molecule has 2 rings (SSSR count). The van der Waals surface area contributed by atoms with E-state index in [0.29, 0.717) is 18.7 Å². The molecule has 1 aromatic carbocycles. The molecule has 1 unspecified atom stereocenters. The Morgan fingerprint density at radius 2 is 2.26 bits per heavy atom. The molecule has 4 nitrogen and oxygen atoms in total. The first-order valence-corrected chi connectivity index (χ1v) is 6.43. The number of ether oxygens (including phenoxy) is 1. The number of benzene rings is 1. The number of amides is 1. The fourth-order valence-electron chi connectivity index (χ4n) is 2.16. The van der Waals surface area contributed by atoms with Crippen molar-refractivity contribution in [1.29, 1.82) is 0 Å². The third-order valence-electron chi connectivity index (χ3n) is 3.11. The molecule has 4 heteroatoms. The van der Waals surface area contributed by atoms with Gasteiger partial charge in [0.2, 0.25) is 0 Å². The zero-order valence-electron chi connectivity index (χ0n) is 11.3. The number of carbonyl (C=O) groups is 1. The van der Waals surface area contributed by atoms with Gasteiger partial charge in [-0.2, -0.15) is 0 Å². The molecule has 1 aliphatic rings. The van der Waals surface area contributed by atoms with Crippen molar-refractivity contribution in [3.8, 4) is 5.75 Å². The maximum Gasteiger partial charge on any atom is 0.268 e. The summed E-state index contributed by atoms with van der Waals surface area (Å²) in [4.78, 5) is 14.0. The van der Waals surface area contributed by atoms with Crippen LogP contribution in [0.2, 0.25) is 0 Å². The van der Waals surface area contributed by atoms with E-state index in [4.69, 9.17) is 4.74 Å². The number of hydrogen-bond donors (Lipinski definition) is 1. The van der Waals surface area contributed by atoms with Crippen molar-refractivity contribution < 1.29 is 14.6 Å². The quantitative estimate of drug-likeness (QED) is 0.846. The minimum Gasteiger partial charge on any atom is -0.478 e. The van der Waals surface area contributed by atoms with E-state index >= 15 is 0 Å². The van der Waals surface area contributed by atoms with Crippen molar-refractivity contribution >= 4 is 11.6 Å². The Balaban J connectivity index is 2.43. The Hall–Kier alpha value is -1.81. The van der Waals surface area contributed by atoms with Gasteiger partial charge in [-0.15, -0.1) is 0 Å². The highest BCUT2D eigenvalue weighted by molar-refractivity contribution is 6.00. The highest BCUT2D eigenvalue weighted by Crippen LogP contribution is 2.35. The number of fused-ring (bicyclic) bond motifs is 1. The molecule has 1 heterocycles. The third-order valence-corrected chi connectivity index (χ3v) is 3.11. The smallest absolute Gasteiger partial charge is 0.268 e. The molecule has 19 heavy (non-hydrogen) atoms. The van der Waals surface area contributed by atoms with Crippen LogP contribution in [0.15, 0.2) is 30.4 Å². The normalized spacial score (nSPS) is 17.9. The van der Waals surface area contributed by atoms with Gasteiger partial charge in [0.25, 0.3) is 5.91 Å². The average molecular weight is 261 g/mol. The first kappa shape index (κ1) is 13.6. The standard InChI is InChI=1S/C15H19NO3/c1-4-13-15(18)16(8-10(2)3)12-6-5-11(9-17)7-14(12)19-13/h5-7,13,17H,2,4,8-9H2,1,3H3. The van der Waals surface area contributed by atoms with Crippen LogP contribution >= 0.6 is 0 Å². The third kappa shape index (κ3) is 2.63. The van der Waals surface area contributed by atoms with Gasteiger partial charge in [-0.05, 0) is 31.0 Å². The number of aliphatic hydroxyl groups excluding tert-OH is 1. The summed E-state index contributed by atoms with van der Waals surface area (Å²) in [5.41, 5.74) is 2.44. The van der Waals surface area contributed by atoms with Gasteiger partial charge in [0.05, 0.1) is 12.3 Å². The molecule has 0 fully saturated rings. The minimum absolute atomic E-state index is 0.0326. The number of hydrogen-bond acceptors (Lipinski definition) is 3. The lowest BCUT2D eigenvalue weighted by molar-refractivity contribution is -0.126. The number of carbonyl (C=O) groups excluding carboxylic acids is 1. The van der Waals surface area contributed by atoms with Crippen molar-refractivity contribution in [3.63, 3.8) is 0 Å². The maximum atomic E-state index is 12.3. The van der Waals surface area contributed by atoms with Gasteiger partial charge >= 0.3 is 0 Å². The van der Waals surface area contributed by atoms with Crippen LogP contribution in [-0.4, -0.2) is 23.7 Å². The second-order valence-electron chi connectivity index (χ2n) is 4.86. The van der Waals surface area contributed by atoms with Crippen LogP contribution < -0.4 is 9.64 Å². The molecule has 0 bridgehead atoms. The first-order chi connectivity index (χ1) is 9.06. The first-order valence-electron chi connectivity index (χ1n) is 6.43. The van der Waals surface area contributed by atoms with Crippen LogP contribution in [0.1, 0.15) is 25.8 Å². The Bertz CT molecular complexity index is 510. The number of aliphatic hydroxyl groups is 1. The monoisotopic (exact) mass is 261 g/mol. The van der Waals surface area contributed by atoms with Gasteiger partial charge < -0.3 is 14.7 Å². The van der Waals surface area contributed by atoms with E-state index in [1.807, 2.05) is 19.9 Å². The molecule has 0 aromatic heterocycles. The molecule has 1 N–H and O–H groups in total. The molecule has 1 atom stereocenters. The minimum atomic E-state index is -0.458. The Labute approximate surface area is 113 Å². The Morgan fingerprint density at radius 3 is 2.84 bits per heavy atom. The summed E-state index contributed by atoms with van der Waals surface area (Å²) < 4.78 is 5.72. The molecule has 0 spiro atoms. The van der Waals surface area contributed by atoms with Crippen molar-refractivity contribution in [3.05, 3.63) is 35.9 Å². The molecule has 0 radical (unpaired) electrons. The van der Waals surface area contributed by atoms with Crippen LogP contribution in [0.4, 0.5) is 5.69 Å². The van der Waals surface area contributed by atoms with Gasteiger partial charge in [0.15, 0.2) is 6.10 Å².